The number of ether oxygens (including phenoxy) is 3. The van der Waals surface area contributed by atoms with Gasteiger partial charge >= 0.3 is 0 Å². The first-order valence-corrected chi connectivity index (χ1v) is 10.3. The van der Waals surface area contributed by atoms with Crippen LogP contribution in [0.5, 0.6) is 5.75 Å². The SMILES string of the molecule is CCOCCOc1cccc(C(=O)Nc2ccc(C(=O)NCC3CCCO3)cc2)c1. The van der Waals surface area contributed by atoms with Crippen molar-refractivity contribution in [1.82, 2.24) is 5.32 Å². The minimum atomic E-state index is -0.249. The van der Waals surface area contributed by atoms with Gasteiger partial charge in [-0.2, -0.15) is 0 Å². The number of hydrogen-bond acceptors (Lipinski definition) is 5. The summed E-state index contributed by atoms with van der Waals surface area (Å²) in [5.74, 6) is 0.210. The van der Waals surface area contributed by atoms with E-state index in [-0.39, 0.29) is 17.9 Å². The van der Waals surface area contributed by atoms with Gasteiger partial charge in [-0.3, -0.25) is 9.59 Å². The molecule has 0 bridgehead atoms. The van der Waals surface area contributed by atoms with Crippen molar-refractivity contribution in [3.63, 3.8) is 0 Å². The van der Waals surface area contributed by atoms with Crippen molar-refractivity contribution in [2.75, 3.05) is 38.3 Å². The third-order valence-electron chi connectivity index (χ3n) is 4.72. The van der Waals surface area contributed by atoms with Gasteiger partial charge in [0.2, 0.25) is 0 Å². The molecule has 0 spiro atoms. The first-order valence-electron chi connectivity index (χ1n) is 10.3. The van der Waals surface area contributed by atoms with Crippen molar-refractivity contribution in [2.24, 2.45) is 0 Å². The molecule has 0 saturated carbocycles. The van der Waals surface area contributed by atoms with Gasteiger partial charge in [0.1, 0.15) is 12.4 Å². The minimum absolute atomic E-state index is 0.103. The van der Waals surface area contributed by atoms with Gasteiger partial charge in [-0.15, -0.1) is 0 Å². The van der Waals surface area contributed by atoms with Crippen molar-refractivity contribution in [3.05, 3.63) is 59.7 Å². The molecule has 3 rings (SSSR count). The van der Waals surface area contributed by atoms with Crippen LogP contribution in [0, 0.1) is 0 Å². The molecule has 1 atom stereocenters. The van der Waals surface area contributed by atoms with Gasteiger partial charge in [0.05, 0.1) is 12.7 Å². The van der Waals surface area contributed by atoms with Crippen LogP contribution in [0.1, 0.15) is 40.5 Å². The van der Waals surface area contributed by atoms with Gasteiger partial charge in [0.15, 0.2) is 0 Å². The summed E-state index contributed by atoms with van der Waals surface area (Å²) >= 11 is 0. The molecular weight excluding hydrogens is 384 g/mol. The third-order valence-corrected chi connectivity index (χ3v) is 4.72. The highest BCUT2D eigenvalue weighted by Crippen LogP contribution is 2.16. The van der Waals surface area contributed by atoms with E-state index in [1.807, 2.05) is 6.92 Å². The molecule has 7 nitrogen and oxygen atoms in total. The van der Waals surface area contributed by atoms with Gasteiger partial charge in [-0.1, -0.05) is 6.07 Å². The lowest BCUT2D eigenvalue weighted by atomic mass is 10.1. The van der Waals surface area contributed by atoms with Gasteiger partial charge < -0.3 is 24.8 Å². The molecule has 2 amide bonds. The van der Waals surface area contributed by atoms with Crippen LogP contribution < -0.4 is 15.4 Å². The fourth-order valence-electron chi connectivity index (χ4n) is 3.11. The number of benzene rings is 2. The summed E-state index contributed by atoms with van der Waals surface area (Å²) in [6.45, 7) is 4.77. The van der Waals surface area contributed by atoms with Crippen molar-refractivity contribution >= 4 is 17.5 Å². The Kier molecular flexibility index (Phi) is 8.23. The van der Waals surface area contributed by atoms with Crippen LogP contribution in [-0.4, -0.2) is 50.9 Å². The number of carbonyl (C=O) groups is 2. The van der Waals surface area contributed by atoms with Gasteiger partial charge in [0.25, 0.3) is 11.8 Å². The quantitative estimate of drug-likeness (QED) is 0.585. The molecule has 0 aliphatic carbocycles. The summed E-state index contributed by atoms with van der Waals surface area (Å²) in [5, 5.41) is 5.72. The standard InChI is InChI=1S/C23H28N2O5/c1-2-28-13-14-30-20-6-3-5-18(15-20)23(27)25-19-10-8-17(9-11-19)22(26)24-16-21-7-4-12-29-21/h3,5-6,8-11,15,21H,2,4,7,12-14,16H2,1H3,(H,24,26)(H,25,27). The predicted octanol–water partition coefficient (Wildman–Crippen LogP) is 3.26. The molecule has 2 aromatic rings. The molecule has 0 radical (unpaired) electrons. The Hall–Kier alpha value is -2.90. The number of hydrogen-bond donors (Lipinski definition) is 2. The Morgan fingerprint density at radius 3 is 2.63 bits per heavy atom. The molecule has 7 heteroatoms. The summed E-state index contributed by atoms with van der Waals surface area (Å²) in [7, 11) is 0. The monoisotopic (exact) mass is 412 g/mol. The van der Waals surface area contributed by atoms with Crippen LogP contribution in [-0.2, 0) is 9.47 Å². The number of carbonyl (C=O) groups excluding carboxylic acids is 2. The van der Waals surface area contributed by atoms with Crippen LogP contribution in [0.2, 0.25) is 0 Å². The van der Waals surface area contributed by atoms with Crippen LogP contribution in [0.3, 0.4) is 0 Å². The van der Waals surface area contributed by atoms with Crippen LogP contribution in [0.15, 0.2) is 48.5 Å². The summed E-state index contributed by atoms with van der Waals surface area (Å²) in [6.07, 6.45) is 2.12. The van der Waals surface area contributed by atoms with Crippen molar-refractivity contribution in [1.29, 1.82) is 0 Å². The normalized spacial score (nSPS) is 15.6. The topological polar surface area (TPSA) is 85.9 Å². The maximum absolute atomic E-state index is 12.5. The van der Waals surface area contributed by atoms with Crippen molar-refractivity contribution in [2.45, 2.75) is 25.9 Å². The lowest BCUT2D eigenvalue weighted by Gasteiger charge is -2.11. The molecule has 0 aromatic heterocycles. The van der Waals surface area contributed by atoms with E-state index in [2.05, 4.69) is 10.6 Å². The maximum atomic E-state index is 12.5. The summed E-state index contributed by atoms with van der Waals surface area (Å²) < 4.78 is 16.3. The van der Waals surface area contributed by atoms with E-state index in [4.69, 9.17) is 14.2 Å². The Bertz CT molecular complexity index is 832. The van der Waals surface area contributed by atoms with E-state index < -0.39 is 0 Å². The summed E-state index contributed by atoms with van der Waals surface area (Å²) in [4.78, 5) is 24.8. The molecule has 1 fully saturated rings. The van der Waals surface area contributed by atoms with E-state index in [1.54, 1.807) is 48.5 Å². The molecule has 1 heterocycles. The molecular formula is C23H28N2O5. The largest absolute Gasteiger partial charge is 0.491 e. The number of anilines is 1. The maximum Gasteiger partial charge on any atom is 0.255 e. The van der Waals surface area contributed by atoms with Crippen LogP contribution in [0.25, 0.3) is 0 Å². The fourth-order valence-corrected chi connectivity index (χ4v) is 3.11. The number of nitrogens with one attached hydrogen (secondary N) is 2. The number of rotatable bonds is 10. The molecule has 1 saturated heterocycles. The zero-order valence-electron chi connectivity index (χ0n) is 17.2. The first-order chi connectivity index (χ1) is 14.7. The molecule has 30 heavy (non-hydrogen) atoms. The zero-order chi connectivity index (χ0) is 21.2. The molecule has 1 unspecified atom stereocenters. The van der Waals surface area contributed by atoms with Gasteiger partial charge in [-0.05, 0) is 62.2 Å². The zero-order valence-corrected chi connectivity index (χ0v) is 17.2. The van der Waals surface area contributed by atoms with E-state index >= 15 is 0 Å². The molecule has 1 aliphatic rings. The second-order valence-electron chi connectivity index (χ2n) is 6.95. The van der Waals surface area contributed by atoms with Gasteiger partial charge in [-0.25, -0.2) is 0 Å². The first kappa shape index (κ1) is 21.8. The Labute approximate surface area is 176 Å². The number of amides is 2. The predicted molar refractivity (Wildman–Crippen MR) is 114 cm³/mol. The van der Waals surface area contributed by atoms with Crippen molar-refractivity contribution in [3.8, 4) is 5.75 Å². The average molecular weight is 412 g/mol. The minimum Gasteiger partial charge on any atom is -0.491 e. The highest BCUT2D eigenvalue weighted by Gasteiger charge is 2.16. The molecule has 2 aromatic carbocycles. The summed E-state index contributed by atoms with van der Waals surface area (Å²) in [5.41, 5.74) is 1.64. The van der Waals surface area contributed by atoms with Crippen LogP contribution in [0.4, 0.5) is 5.69 Å². The fraction of sp³-hybridized carbons (Fsp3) is 0.391. The molecule has 1 aliphatic heterocycles. The Balaban J connectivity index is 1.50. The lowest BCUT2D eigenvalue weighted by molar-refractivity contribution is 0.0857. The third kappa shape index (κ3) is 6.57. The Morgan fingerprint density at radius 1 is 1.07 bits per heavy atom. The average Bonchev–Trinajstić information content (AvgIpc) is 3.29. The summed E-state index contributed by atoms with van der Waals surface area (Å²) in [6, 6.07) is 13.8. The highest BCUT2D eigenvalue weighted by molar-refractivity contribution is 6.04. The Morgan fingerprint density at radius 2 is 1.90 bits per heavy atom. The second kappa shape index (κ2) is 11.3. The molecule has 160 valence electrons. The van der Waals surface area contributed by atoms with Crippen molar-refractivity contribution < 1.29 is 23.8 Å². The van der Waals surface area contributed by atoms with E-state index in [1.165, 1.54) is 0 Å². The van der Waals surface area contributed by atoms with E-state index in [0.717, 1.165) is 19.4 Å². The second-order valence-corrected chi connectivity index (χ2v) is 6.95. The van der Waals surface area contributed by atoms with Crippen LogP contribution >= 0.6 is 0 Å². The highest BCUT2D eigenvalue weighted by atomic mass is 16.5. The lowest BCUT2D eigenvalue weighted by Crippen LogP contribution is -2.31. The molecule has 2 N–H and O–H groups in total. The van der Waals surface area contributed by atoms with E-state index in [9.17, 15) is 9.59 Å². The van der Waals surface area contributed by atoms with E-state index in [0.29, 0.717) is 48.9 Å². The van der Waals surface area contributed by atoms with Gasteiger partial charge in [0, 0.05) is 36.6 Å². The smallest absolute Gasteiger partial charge is 0.255 e.